The van der Waals surface area contributed by atoms with E-state index in [-0.39, 0.29) is 48.8 Å². The average Bonchev–Trinajstić information content (AvgIpc) is 3.12. The predicted octanol–water partition coefficient (Wildman–Crippen LogP) is 1.38. The standard InChI is InChI=1S/C24H32N4O6/c1-5-16(2)22(30)23(31)27-9-8-18-21(24(32)33-4)19(13-20(29)28(18)11-10-27)34-12-6-7-17-14-25-26(3)15-17/h13-16H,5-12H2,1-4H3/t16-/m0/s1. The molecular weight excluding hydrogens is 440 g/mol. The molecule has 0 saturated heterocycles. The summed E-state index contributed by atoms with van der Waals surface area (Å²) in [6.07, 6.45) is 5.93. The number of aryl methyl sites for hydroxylation is 2. The first-order valence-electron chi connectivity index (χ1n) is 11.5. The molecule has 184 valence electrons. The van der Waals surface area contributed by atoms with Gasteiger partial charge in [-0.15, -0.1) is 0 Å². The predicted molar refractivity (Wildman–Crippen MR) is 124 cm³/mol. The first-order valence-corrected chi connectivity index (χ1v) is 11.5. The highest BCUT2D eigenvalue weighted by molar-refractivity contribution is 6.36. The van der Waals surface area contributed by atoms with E-state index >= 15 is 0 Å². The summed E-state index contributed by atoms with van der Waals surface area (Å²) in [6.45, 7) is 4.49. The lowest BCUT2D eigenvalue weighted by molar-refractivity contribution is -0.146. The number of pyridine rings is 1. The third-order valence-corrected chi connectivity index (χ3v) is 6.17. The van der Waals surface area contributed by atoms with Gasteiger partial charge in [0.1, 0.15) is 11.3 Å². The molecule has 3 heterocycles. The monoisotopic (exact) mass is 472 g/mol. The molecule has 1 amide bonds. The maximum atomic E-state index is 12.9. The van der Waals surface area contributed by atoms with Crippen LogP contribution in [0.5, 0.6) is 5.75 Å². The molecule has 0 saturated carbocycles. The minimum absolute atomic E-state index is 0.171. The summed E-state index contributed by atoms with van der Waals surface area (Å²) in [7, 11) is 3.12. The molecule has 34 heavy (non-hydrogen) atoms. The Balaban J connectivity index is 1.80. The lowest BCUT2D eigenvalue weighted by Crippen LogP contribution is -2.40. The van der Waals surface area contributed by atoms with Crippen molar-refractivity contribution in [2.45, 2.75) is 46.1 Å². The third kappa shape index (κ3) is 5.55. The molecule has 2 aromatic heterocycles. The highest BCUT2D eigenvalue weighted by atomic mass is 16.5. The summed E-state index contributed by atoms with van der Waals surface area (Å²) in [5.74, 6) is -1.79. The Morgan fingerprint density at radius 1 is 1.21 bits per heavy atom. The molecule has 0 fully saturated rings. The molecule has 1 atom stereocenters. The Morgan fingerprint density at radius 3 is 2.62 bits per heavy atom. The third-order valence-electron chi connectivity index (χ3n) is 6.17. The molecule has 0 N–H and O–H groups in total. The van der Waals surface area contributed by atoms with E-state index in [1.807, 2.05) is 20.2 Å². The number of carbonyl (C=O) groups is 3. The molecule has 0 bridgehead atoms. The zero-order valence-electron chi connectivity index (χ0n) is 20.2. The number of hydrogen-bond donors (Lipinski definition) is 0. The van der Waals surface area contributed by atoms with Crippen molar-refractivity contribution in [2.24, 2.45) is 13.0 Å². The van der Waals surface area contributed by atoms with Gasteiger partial charge in [0.25, 0.3) is 11.5 Å². The summed E-state index contributed by atoms with van der Waals surface area (Å²) in [6, 6.07) is 1.29. The van der Waals surface area contributed by atoms with E-state index in [9.17, 15) is 19.2 Å². The Bertz CT molecular complexity index is 1120. The van der Waals surface area contributed by atoms with Crippen LogP contribution in [-0.2, 0) is 40.8 Å². The van der Waals surface area contributed by atoms with Crippen LogP contribution in [0.2, 0.25) is 0 Å². The fourth-order valence-electron chi connectivity index (χ4n) is 4.00. The van der Waals surface area contributed by atoms with E-state index in [2.05, 4.69) is 5.10 Å². The highest BCUT2D eigenvalue weighted by Gasteiger charge is 2.30. The molecule has 2 aromatic rings. The summed E-state index contributed by atoms with van der Waals surface area (Å²) < 4.78 is 14.0. The van der Waals surface area contributed by atoms with Crippen LogP contribution in [0.25, 0.3) is 0 Å². The number of fused-ring (bicyclic) bond motifs is 1. The van der Waals surface area contributed by atoms with Crippen LogP contribution >= 0.6 is 0 Å². The van der Waals surface area contributed by atoms with Crippen molar-refractivity contribution in [3.05, 3.63) is 45.6 Å². The van der Waals surface area contributed by atoms with Crippen molar-refractivity contribution < 1.29 is 23.9 Å². The van der Waals surface area contributed by atoms with Crippen LogP contribution in [0.1, 0.15) is 48.3 Å². The number of Topliss-reactive ketones (excluding diaryl/α,β-unsaturated/α-hetero) is 1. The first kappa shape index (κ1) is 25.2. The van der Waals surface area contributed by atoms with Crippen LogP contribution in [0, 0.1) is 5.92 Å². The maximum Gasteiger partial charge on any atom is 0.343 e. The van der Waals surface area contributed by atoms with E-state index in [0.29, 0.717) is 25.1 Å². The second kappa shape index (κ2) is 11.1. The first-order chi connectivity index (χ1) is 16.3. The summed E-state index contributed by atoms with van der Waals surface area (Å²) in [5, 5.41) is 4.14. The minimum Gasteiger partial charge on any atom is -0.492 e. The van der Waals surface area contributed by atoms with E-state index in [4.69, 9.17) is 9.47 Å². The number of methoxy groups -OCH3 is 1. The van der Waals surface area contributed by atoms with E-state index in [1.54, 1.807) is 17.8 Å². The second-order valence-electron chi connectivity index (χ2n) is 8.50. The van der Waals surface area contributed by atoms with Crippen LogP contribution in [0.3, 0.4) is 0 Å². The van der Waals surface area contributed by atoms with E-state index in [0.717, 1.165) is 12.0 Å². The van der Waals surface area contributed by atoms with Gasteiger partial charge in [-0.1, -0.05) is 13.8 Å². The average molecular weight is 473 g/mol. The smallest absolute Gasteiger partial charge is 0.343 e. The lowest BCUT2D eigenvalue weighted by Gasteiger charge is -2.20. The van der Waals surface area contributed by atoms with Crippen molar-refractivity contribution >= 4 is 17.7 Å². The van der Waals surface area contributed by atoms with Crippen LogP contribution in [-0.4, -0.2) is 63.7 Å². The number of esters is 1. The van der Waals surface area contributed by atoms with E-state index < -0.39 is 17.7 Å². The normalized spacial score (nSPS) is 14.2. The van der Waals surface area contributed by atoms with Gasteiger partial charge in [-0.3, -0.25) is 19.1 Å². The Kier molecular flexibility index (Phi) is 8.25. The number of ether oxygens (including phenoxy) is 2. The fourth-order valence-corrected chi connectivity index (χ4v) is 4.00. The number of aromatic nitrogens is 3. The zero-order chi connectivity index (χ0) is 24.8. The maximum absolute atomic E-state index is 12.9. The largest absolute Gasteiger partial charge is 0.492 e. The molecule has 10 heteroatoms. The number of carbonyl (C=O) groups excluding carboxylic acids is 3. The fraction of sp³-hybridized carbons (Fsp3) is 0.542. The molecule has 0 radical (unpaired) electrons. The quantitative estimate of drug-likeness (QED) is 0.308. The summed E-state index contributed by atoms with van der Waals surface area (Å²) in [5.41, 5.74) is 1.38. The van der Waals surface area contributed by atoms with Gasteiger partial charge in [0.15, 0.2) is 0 Å². The minimum atomic E-state index is -0.610. The highest BCUT2D eigenvalue weighted by Crippen LogP contribution is 2.24. The molecule has 0 aliphatic carbocycles. The van der Waals surface area contributed by atoms with E-state index in [1.165, 1.54) is 22.6 Å². The zero-order valence-corrected chi connectivity index (χ0v) is 20.2. The van der Waals surface area contributed by atoms with Gasteiger partial charge in [0.2, 0.25) is 5.78 Å². The number of nitrogens with zero attached hydrogens (tertiary/aromatic N) is 4. The van der Waals surface area contributed by atoms with Gasteiger partial charge in [0, 0.05) is 57.0 Å². The number of amides is 1. The summed E-state index contributed by atoms with van der Waals surface area (Å²) >= 11 is 0. The second-order valence-corrected chi connectivity index (χ2v) is 8.50. The lowest BCUT2D eigenvalue weighted by atomic mass is 10.0. The Morgan fingerprint density at radius 2 is 1.97 bits per heavy atom. The van der Waals surface area contributed by atoms with Crippen LogP contribution < -0.4 is 10.3 Å². The topological polar surface area (TPSA) is 113 Å². The Labute approximate surface area is 198 Å². The van der Waals surface area contributed by atoms with Crippen molar-refractivity contribution in [1.82, 2.24) is 19.2 Å². The molecule has 0 aromatic carbocycles. The van der Waals surface area contributed by atoms with Crippen LogP contribution in [0.4, 0.5) is 0 Å². The summed E-state index contributed by atoms with van der Waals surface area (Å²) in [4.78, 5) is 52.1. The van der Waals surface area contributed by atoms with Gasteiger partial charge in [-0.05, 0) is 24.8 Å². The number of ketones is 1. The molecule has 1 aliphatic rings. The molecule has 3 rings (SSSR count). The Hall–Kier alpha value is -3.43. The SMILES string of the molecule is CC[C@H](C)C(=O)C(=O)N1CCc2c(C(=O)OC)c(OCCCc3cnn(C)c3)cc(=O)n2CC1. The number of rotatable bonds is 9. The van der Waals surface area contributed by atoms with Crippen molar-refractivity contribution in [2.75, 3.05) is 26.8 Å². The molecule has 0 spiro atoms. The molecule has 0 unspecified atom stereocenters. The van der Waals surface area contributed by atoms with Gasteiger partial charge in [0.05, 0.1) is 19.9 Å². The van der Waals surface area contributed by atoms with Crippen molar-refractivity contribution in [3.8, 4) is 5.75 Å². The van der Waals surface area contributed by atoms with Crippen LogP contribution in [0.15, 0.2) is 23.3 Å². The van der Waals surface area contributed by atoms with Gasteiger partial charge >= 0.3 is 5.97 Å². The molecule has 1 aliphatic heterocycles. The van der Waals surface area contributed by atoms with Gasteiger partial charge < -0.3 is 18.9 Å². The van der Waals surface area contributed by atoms with Gasteiger partial charge in [-0.2, -0.15) is 5.10 Å². The van der Waals surface area contributed by atoms with Crippen molar-refractivity contribution in [3.63, 3.8) is 0 Å². The number of hydrogen-bond acceptors (Lipinski definition) is 7. The van der Waals surface area contributed by atoms with Crippen molar-refractivity contribution in [1.29, 1.82) is 0 Å². The van der Waals surface area contributed by atoms with Gasteiger partial charge in [-0.25, -0.2) is 4.79 Å². The molecule has 10 nitrogen and oxygen atoms in total. The molecular formula is C24H32N4O6.